The zero-order valence-corrected chi connectivity index (χ0v) is 19.8. The molecule has 254 valence electrons. The lowest BCUT2D eigenvalue weighted by Gasteiger charge is -2.34. The van der Waals surface area contributed by atoms with Crippen molar-refractivity contribution in [2.45, 2.75) is 73.4 Å². The molecule has 0 aliphatic heterocycles. The lowest BCUT2D eigenvalue weighted by Crippen LogP contribution is -2.63. The molecule has 0 saturated heterocycles. The number of rotatable bonds is 16. The number of hydrogen-bond acceptors (Lipinski definition) is 5. The highest BCUT2D eigenvalue weighted by molar-refractivity contribution is 7.98. The molecule has 0 heterocycles. The molecule has 0 amide bonds. The van der Waals surface area contributed by atoms with Gasteiger partial charge in [-0.05, 0) is 6.26 Å². The largest absolute Gasteiger partial charge is 0.462 e. The summed E-state index contributed by atoms with van der Waals surface area (Å²) in [5.41, 5.74) is 0. The first-order valence-corrected chi connectivity index (χ1v) is 10.8. The third-order valence-electron chi connectivity index (χ3n) is 4.01. The van der Waals surface area contributed by atoms with E-state index in [1.165, 1.54) is 0 Å². The summed E-state index contributed by atoms with van der Waals surface area (Å²) in [6.45, 7) is -2.42. The number of halogens is 22. The molecule has 0 aromatic carbocycles. The van der Waals surface area contributed by atoms with E-state index in [2.05, 4.69) is 14.2 Å². The summed E-state index contributed by atoms with van der Waals surface area (Å²) in [6, 6.07) is 0. The van der Waals surface area contributed by atoms with E-state index in [0.717, 1.165) is 6.26 Å². The fraction of sp³-hybridized carbons (Fsp3) is 1.00. The average molecular weight is 704 g/mol. The van der Waals surface area contributed by atoms with E-state index in [1.807, 2.05) is 4.74 Å². The molecule has 0 aliphatic rings. The predicted molar refractivity (Wildman–Crippen MR) is 87.9 cm³/mol. The van der Waals surface area contributed by atoms with Gasteiger partial charge in [-0.15, -0.1) is 0 Å². The SMILES string of the molecule is CSCC(COC(F)(F)C(F)OC(F)(F)C(F)(F)C(F)(F)C(F)(F)F)OC(F)(F)C(F)OC(F)(F)C(F)(F)C(F)(F)F. The van der Waals surface area contributed by atoms with Crippen molar-refractivity contribution in [2.24, 2.45) is 0 Å². The molecule has 0 radical (unpaired) electrons. The zero-order valence-electron chi connectivity index (χ0n) is 19.0. The summed E-state index contributed by atoms with van der Waals surface area (Å²) < 4.78 is 293. The van der Waals surface area contributed by atoms with E-state index in [1.54, 1.807) is 0 Å². The summed E-state index contributed by atoms with van der Waals surface area (Å²) in [5, 5.41) is 0. The summed E-state index contributed by atoms with van der Waals surface area (Å²) in [4.78, 5) is 0. The molecule has 0 aromatic rings. The average Bonchev–Trinajstić information content (AvgIpc) is 2.74. The van der Waals surface area contributed by atoms with Gasteiger partial charge in [0.15, 0.2) is 0 Å². The van der Waals surface area contributed by atoms with Crippen molar-refractivity contribution in [1.82, 2.24) is 0 Å². The van der Waals surface area contributed by atoms with Crippen molar-refractivity contribution in [3.05, 3.63) is 0 Å². The zero-order chi connectivity index (χ0) is 34.2. The van der Waals surface area contributed by atoms with Crippen molar-refractivity contribution in [1.29, 1.82) is 0 Å². The number of alkyl halides is 22. The molecule has 0 spiro atoms. The second-order valence-electron chi connectivity index (χ2n) is 7.25. The molecule has 0 saturated carbocycles. The van der Waals surface area contributed by atoms with Gasteiger partial charge in [0, 0.05) is 5.75 Å². The Morgan fingerprint density at radius 1 is 0.500 bits per heavy atom. The molecule has 0 aromatic heterocycles. The highest BCUT2D eigenvalue weighted by Crippen LogP contribution is 2.54. The van der Waals surface area contributed by atoms with Gasteiger partial charge >= 0.3 is 54.6 Å². The minimum atomic E-state index is -7.79. The Hall–Kier alpha value is -1.35. The van der Waals surface area contributed by atoms with Crippen LogP contribution in [0.1, 0.15) is 0 Å². The van der Waals surface area contributed by atoms with Crippen LogP contribution in [0.5, 0.6) is 0 Å². The molecule has 42 heavy (non-hydrogen) atoms. The quantitative estimate of drug-likeness (QED) is 0.154. The Labute approximate surface area is 220 Å². The van der Waals surface area contributed by atoms with Crippen LogP contribution >= 0.6 is 11.8 Å². The van der Waals surface area contributed by atoms with Crippen molar-refractivity contribution in [3.63, 3.8) is 0 Å². The number of hydrogen-bond donors (Lipinski definition) is 0. The first-order chi connectivity index (χ1) is 18.1. The van der Waals surface area contributed by atoms with Gasteiger partial charge in [0.25, 0.3) is 12.7 Å². The van der Waals surface area contributed by atoms with Crippen molar-refractivity contribution in [2.75, 3.05) is 18.6 Å². The van der Waals surface area contributed by atoms with Gasteiger partial charge in [0.05, 0.1) is 12.7 Å². The minimum absolute atomic E-state index is 0.163. The maximum Gasteiger partial charge on any atom is 0.462 e. The standard InChI is InChI=1S/C15H10F22O4S/c1-42-3-4(39-8(20,21)6(17)41-15(36,37)11(26,27)13(31,32)33)2-38-7(18,19)5(16)40-14(34,35)10(24,25)9(22,23)12(28,29)30/h4-6H,2-3H2,1H3. The van der Waals surface area contributed by atoms with E-state index in [-0.39, 0.29) is 11.8 Å². The number of thioether (sulfide) groups is 1. The molecule has 0 rings (SSSR count). The molecule has 0 fully saturated rings. The van der Waals surface area contributed by atoms with Crippen LogP contribution in [0.4, 0.5) is 96.6 Å². The Balaban J connectivity index is 5.71. The van der Waals surface area contributed by atoms with E-state index in [0.29, 0.717) is 0 Å². The minimum Gasteiger partial charge on any atom is -0.313 e. The molecule has 27 heteroatoms. The van der Waals surface area contributed by atoms with Crippen LogP contribution in [0.3, 0.4) is 0 Å². The first kappa shape index (κ1) is 40.6. The van der Waals surface area contributed by atoms with Gasteiger partial charge in [-0.3, -0.25) is 9.47 Å². The lowest BCUT2D eigenvalue weighted by atomic mass is 10.1. The van der Waals surface area contributed by atoms with Crippen LogP contribution in [0, 0.1) is 0 Å². The Kier molecular flexibility index (Phi) is 12.2. The fourth-order valence-corrected chi connectivity index (χ4v) is 2.45. The summed E-state index contributed by atoms with van der Waals surface area (Å²) in [7, 11) is 0. The highest BCUT2D eigenvalue weighted by Gasteiger charge is 2.83. The molecule has 0 bridgehead atoms. The highest BCUT2D eigenvalue weighted by atomic mass is 32.2. The first-order valence-electron chi connectivity index (χ1n) is 9.37. The van der Waals surface area contributed by atoms with Crippen molar-refractivity contribution in [3.8, 4) is 0 Å². The fourth-order valence-electron chi connectivity index (χ4n) is 1.92. The maximum atomic E-state index is 13.7. The topological polar surface area (TPSA) is 36.9 Å². The monoisotopic (exact) mass is 704 g/mol. The van der Waals surface area contributed by atoms with Gasteiger partial charge in [0.2, 0.25) is 0 Å². The number of ether oxygens (including phenoxy) is 4. The van der Waals surface area contributed by atoms with Crippen LogP contribution < -0.4 is 0 Å². The van der Waals surface area contributed by atoms with Gasteiger partial charge in [0.1, 0.15) is 0 Å². The van der Waals surface area contributed by atoms with Crippen LogP contribution in [0.2, 0.25) is 0 Å². The van der Waals surface area contributed by atoms with Gasteiger partial charge in [-0.2, -0.15) is 99.6 Å². The van der Waals surface area contributed by atoms with Crippen LogP contribution in [0.25, 0.3) is 0 Å². The van der Waals surface area contributed by atoms with Crippen molar-refractivity contribution >= 4 is 11.8 Å². The normalized spacial score (nSPS) is 17.8. The second-order valence-corrected chi connectivity index (χ2v) is 8.16. The third-order valence-corrected chi connectivity index (χ3v) is 4.71. The van der Waals surface area contributed by atoms with E-state index >= 15 is 0 Å². The van der Waals surface area contributed by atoms with Crippen LogP contribution in [0.15, 0.2) is 0 Å². The van der Waals surface area contributed by atoms with Crippen molar-refractivity contribution < 1.29 is 116 Å². The molecule has 3 unspecified atom stereocenters. The molecule has 0 N–H and O–H groups in total. The maximum absolute atomic E-state index is 13.7. The Morgan fingerprint density at radius 2 is 0.857 bits per heavy atom. The smallest absolute Gasteiger partial charge is 0.313 e. The summed E-state index contributed by atoms with van der Waals surface area (Å²) in [6.07, 6.45) is -54.3. The molecule has 3 atom stereocenters. The van der Waals surface area contributed by atoms with Gasteiger partial charge in [-0.1, -0.05) is 0 Å². The third kappa shape index (κ3) is 8.64. The second kappa shape index (κ2) is 12.6. The molecule has 0 aliphatic carbocycles. The Morgan fingerprint density at radius 3 is 1.21 bits per heavy atom. The van der Waals surface area contributed by atoms with Gasteiger partial charge < -0.3 is 9.47 Å². The Bertz CT molecular complexity index is 873. The van der Waals surface area contributed by atoms with E-state index in [4.69, 9.17) is 0 Å². The van der Waals surface area contributed by atoms with Gasteiger partial charge in [-0.25, -0.2) is 8.78 Å². The molecule has 4 nitrogen and oxygen atoms in total. The predicted octanol–water partition coefficient (Wildman–Crippen LogP) is 7.78. The van der Waals surface area contributed by atoms with Crippen LogP contribution in [-0.2, 0) is 18.9 Å². The van der Waals surface area contributed by atoms with E-state index in [9.17, 15) is 96.6 Å². The molecular weight excluding hydrogens is 694 g/mol. The summed E-state index contributed by atoms with van der Waals surface area (Å²) >= 11 is 0.163. The summed E-state index contributed by atoms with van der Waals surface area (Å²) in [5.74, 6) is -24.1. The molecular formula is C15H10F22O4S. The lowest BCUT2D eigenvalue weighted by molar-refractivity contribution is -0.477. The van der Waals surface area contributed by atoms with Crippen LogP contribution in [-0.4, -0.2) is 92.0 Å². The van der Waals surface area contributed by atoms with E-state index < -0.39 is 85.7 Å².